The number of phenolic OH excluding ortho intramolecular Hbond substituents is 1. The monoisotopic (exact) mass is 313 g/mol. The number of hydrogen-bond donors (Lipinski definition) is 2. The summed E-state index contributed by atoms with van der Waals surface area (Å²) in [5, 5.41) is 22.7. The Morgan fingerprint density at radius 1 is 1.26 bits per heavy atom. The maximum absolute atomic E-state index is 10.1. The molecule has 0 unspecified atom stereocenters. The highest BCUT2D eigenvalue weighted by atomic mass is 16.5. The number of benzene rings is 1. The van der Waals surface area contributed by atoms with Gasteiger partial charge in [-0.25, -0.2) is 0 Å². The quantitative estimate of drug-likeness (QED) is 0.744. The standard InChI is InChI=1S/C16H15N3O4/c1-10-3-2-6-17-14(10)15-18-16(23-19-15)12-5-4-11(9-13(12)21)22-8-7-20/h2-6,9,20-21H,7-8H2,1H3. The van der Waals surface area contributed by atoms with Crippen molar-refractivity contribution in [1.29, 1.82) is 0 Å². The molecule has 0 fully saturated rings. The Hall–Kier alpha value is -2.93. The van der Waals surface area contributed by atoms with Gasteiger partial charge in [0, 0.05) is 12.3 Å². The van der Waals surface area contributed by atoms with E-state index in [4.69, 9.17) is 14.4 Å². The van der Waals surface area contributed by atoms with E-state index in [1.54, 1.807) is 18.3 Å². The molecule has 7 nitrogen and oxygen atoms in total. The fraction of sp³-hybridized carbons (Fsp3) is 0.188. The van der Waals surface area contributed by atoms with Crippen molar-refractivity contribution in [3.05, 3.63) is 42.1 Å². The molecule has 7 heteroatoms. The molecular formula is C16H15N3O4. The second-order valence-electron chi connectivity index (χ2n) is 4.84. The van der Waals surface area contributed by atoms with Crippen LogP contribution in [0.25, 0.3) is 23.0 Å². The minimum atomic E-state index is -0.0983. The molecule has 0 aliphatic rings. The van der Waals surface area contributed by atoms with Crippen LogP contribution in [0.3, 0.4) is 0 Å². The van der Waals surface area contributed by atoms with Crippen molar-refractivity contribution in [2.24, 2.45) is 0 Å². The lowest BCUT2D eigenvalue weighted by molar-refractivity contribution is 0.201. The number of ether oxygens (including phenoxy) is 1. The van der Waals surface area contributed by atoms with Gasteiger partial charge < -0.3 is 19.5 Å². The van der Waals surface area contributed by atoms with Crippen molar-refractivity contribution < 1.29 is 19.5 Å². The maximum Gasteiger partial charge on any atom is 0.262 e. The average molecular weight is 313 g/mol. The van der Waals surface area contributed by atoms with Crippen LogP contribution in [0.5, 0.6) is 11.5 Å². The van der Waals surface area contributed by atoms with Crippen LogP contribution in [0.4, 0.5) is 0 Å². The van der Waals surface area contributed by atoms with E-state index in [1.807, 2.05) is 19.1 Å². The van der Waals surface area contributed by atoms with E-state index in [0.29, 0.717) is 22.8 Å². The molecule has 0 atom stereocenters. The fourth-order valence-electron chi connectivity index (χ4n) is 2.09. The molecule has 0 aliphatic heterocycles. The van der Waals surface area contributed by atoms with Crippen LogP contribution in [-0.2, 0) is 0 Å². The first-order valence-corrected chi connectivity index (χ1v) is 7.02. The highest BCUT2D eigenvalue weighted by Crippen LogP contribution is 2.32. The second kappa shape index (κ2) is 6.45. The van der Waals surface area contributed by atoms with Crippen molar-refractivity contribution in [2.75, 3.05) is 13.2 Å². The lowest BCUT2D eigenvalue weighted by Gasteiger charge is -2.05. The summed E-state index contributed by atoms with van der Waals surface area (Å²) in [6.45, 7) is 1.96. The summed E-state index contributed by atoms with van der Waals surface area (Å²) in [4.78, 5) is 8.52. The van der Waals surface area contributed by atoms with Gasteiger partial charge in [-0.2, -0.15) is 4.98 Å². The van der Waals surface area contributed by atoms with Crippen LogP contribution < -0.4 is 4.74 Å². The van der Waals surface area contributed by atoms with Gasteiger partial charge in [0.25, 0.3) is 5.89 Å². The van der Waals surface area contributed by atoms with E-state index in [-0.39, 0.29) is 24.9 Å². The predicted octanol–water partition coefficient (Wildman–Crippen LogP) is 2.18. The smallest absolute Gasteiger partial charge is 0.262 e. The molecule has 0 bridgehead atoms. The molecule has 2 heterocycles. The first kappa shape index (κ1) is 15.0. The molecule has 2 aromatic heterocycles. The molecular weight excluding hydrogens is 298 g/mol. The van der Waals surface area contributed by atoms with Gasteiger partial charge in [0.2, 0.25) is 5.82 Å². The van der Waals surface area contributed by atoms with Crippen LogP contribution in [0.2, 0.25) is 0 Å². The largest absolute Gasteiger partial charge is 0.507 e. The number of aromatic nitrogens is 3. The first-order chi connectivity index (χ1) is 11.2. The lowest BCUT2D eigenvalue weighted by atomic mass is 10.2. The van der Waals surface area contributed by atoms with Crippen molar-refractivity contribution in [2.45, 2.75) is 6.92 Å². The van der Waals surface area contributed by atoms with Gasteiger partial charge in [-0.05, 0) is 30.7 Å². The summed E-state index contributed by atoms with van der Waals surface area (Å²) in [5.74, 6) is 0.948. The Morgan fingerprint density at radius 3 is 2.87 bits per heavy atom. The number of phenols is 1. The molecule has 118 valence electrons. The van der Waals surface area contributed by atoms with E-state index in [0.717, 1.165) is 5.56 Å². The Bertz CT molecular complexity index is 817. The number of rotatable bonds is 5. The van der Waals surface area contributed by atoms with Crippen LogP contribution in [-0.4, -0.2) is 38.6 Å². The van der Waals surface area contributed by atoms with Gasteiger partial charge >= 0.3 is 0 Å². The molecule has 3 rings (SSSR count). The van der Waals surface area contributed by atoms with Gasteiger partial charge in [0.05, 0.1) is 12.2 Å². The Kier molecular flexibility index (Phi) is 4.20. The normalized spacial score (nSPS) is 10.7. The number of aliphatic hydroxyl groups is 1. The average Bonchev–Trinajstić information content (AvgIpc) is 3.03. The zero-order chi connectivity index (χ0) is 16.2. The molecule has 1 aromatic carbocycles. The minimum absolute atomic E-state index is 0.0478. The first-order valence-electron chi connectivity index (χ1n) is 7.02. The maximum atomic E-state index is 10.1. The molecule has 2 N–H and O–H groups in total. The summed E-state index contributed by atoms with van der Waals surface area (Å²) in [6, 6.07) is 8.44. The lowest BCUT2D eigenvalue weighted by Crippen LogP contribution is -2.01. The third-order valence-corrected chi connectivity index (χ3v) is 3.21. The zero-order valence-corrected chi connectivity index (χ0v) is 12.4. The number of pyridine rings is 1. The molecule has 0 aliphatic carbocycles. The predicted molar refractivity (Wildman–Crippen MR) is 81.9 cm³/mol. The molecule has 23 heavy (non-hydrogen) atoms. The van der Waals surface area contributed by atoms with Gasteiger partial charge in [-0.15, -0.1) is 0 Å². The minimum Gasteiger partial charge on any atom is -0.507 e. The van der Waals surface area contributed by atoms with Gasteiger partial charge in [-0.1, -0.05) is 11.2 Å². The van der Waals surface area contributed by atoms with E-state index in [1.165, 1.54) is 6.07 Å². The Labute approximate surface area is 132 Å². The van der Waals surface area contributed by atoms with Crippen LogP contribution in [0, 0.1) is 6.92 Å². The summed E-state index contributed by atoms with van der Waals surface area (Å²) in [7, 11) is 0. The third-order valence-electron chi connectivity index (χ3n) is 3.21. The van der Waals surface area contributed by atoms with Crippen LogP contribution in [0.1, 0.15) is 5.56 Å². The van der Waals surface area contributed by atoms with Crippen LogP contribution in [0.15, 0.2) is 41.1 Å². The number of hydrogen-bond acceptors (Lipinski definition) is 7. The topological polar surface area (TPSA) is 102 Å². The summed E-state index contributed by atoms with van der Waals surface area (Å²) >= 11 is 0. The molecule has 0 saturated carbocycles. The van der Waals surface area contributed by atoms with Crippen molar-refractivity contribution in [1.82, 2.24) is 15.1 Å². The van der Waals surface area contributed by atoms with E-state index in [9.17, 15) is 5.11 Å². The summed E-state index contributed by atoms with van der Waals surface area (Å²) < 4.78 is 10.5. The molecule has 0 spiro atoms. The molecule has 0 saturated heterocycles. The SMILES string of the molecule is Cc1cccnc1-c1noc(-c2ccc(OCCO)cc2O)n1. The van der Waals surface area contributed by atoms with E-state index >= 15 is 0 Å². The molecule has 0 radical (unpaired) electrons. The van der Waals surface area contributed by atoms with Crippen LogP contribution >= 0.6 is 0 Å². The zero-order valence-electron chi connectivity index (χ0n) is 12.4. The van der Waals surface area contributed by atoms with Gasteiger partial charge in [-0.3, -0.25) is 4.98 Å². The van der Waals surface area contributed by atoms with Gasteiger partial charge in [0.15, 0.2) is 0 Å². The van der Waals surface area contributed by atoms with E-state index < -0.39 is 0 Å². The number of nitrogens with zero attached hydrogens (tertiary/aromatic N) is 3. The molecule has 0 amide bonds. The number of aryl methyl sites for hydroxylation is 1. The van der Waals surface area contributed by atoms with Gasteiger partial charge in [0.1, 0.15) is 23.8 Å². The molecule has 3 aromatic rings. The summed E-state index contributed by atoms with van der Waals surface area (Å²) in [6.07, 6.45) is 1.66. The van der Waals surface area contributed by atoms with E-state index in [2.05, 4.69) is 15.1 Å². The van der Waals surface area contributed by atoms with Crippen molar-refractivity contribution >= 4 is 0 Å². The van der Waals surface area contributed by atoms with Crippen molar-refractivity contribution in [3.63, 3.8) is 0 Å². The summed E-state index contributed by atoms with van der Waals surface area (Å²) in [5.41, 5.74) is 1.95. The second-order valence-corrected chi connectivity index (χ2v) is 4.84. The fourth-order valence-corrected chi connectivity index (χ4v) is 2.09. The van der Waals surface area contributed by atoms with Crippen molar-refractivity contribution in [3.8, 4) is 34.5 Å². The third kappa shape index (κ3) is 3.14. The highest BCUT2D eigenvalue weighted by molar-refractivity contribution is 5.66. The Morgan fingerprint density at radius 2 is 2.13 bits per heavy atom. The number of aromatic hydroxyl groups is 1. The Balaban J connectivity index is 1.90. The highest BCUT2D eigenvalue weighted by Gasteiger charge is 2.16. The number of aliphatic hydroxyl groups excluding tert-OH is 1.